The lowest BCUT2D eigenvalue weighted by Gasteiger charge is -2.09. The van der Waals surface area contributed by atoms with Crippen molar-refractivity contribution in [1.29, 1.82) is 0 Å². The second-order valence-corrected chi connectivity index (χ2v) is 6.16. The van der Waals surface area contributed by atoms with Crippen LogP contribution in [-0.2, 0) is 16.4 Å². The number of pyridine rings is 1. The van der Waals surface area contributed by atoms with Crippen LogP contribution in [0.25, 0.3) is 0 Å². The van der Waals surface area contributed by atoms with Gasteiger partial charge in [-0.15, -0.1) is 0 Å². The Morgan fingerprint density at radius 1 is 1.32 bits per heavy atom. The van der Waals surface area contributed by atoms with Crippen LogP contribution in [0, 0.1) is 0 Å². The van der Waals surface area contributed by atoms with Gasteiger partial charge in [-0.1, -0.05) is 0 Å². The first-order chi connectivity index (χ1) is 9.07. The molecule has 102 valence electrons. The summed E-state index contributed by atoms with van der Waals surface area (Å²) in [6.45, 7) is 1.42. The smallest absolute Gasteiger partial charge is 0.179 e. The average molecular weight is 280 g/mol. The van der Waals surface area contributed by atoms with Crippen molar-refractivity contribution < 1.29 is 8.42 Å². The van der Waals surface area contributed by atoms with Crippen LogP contribution in [0.1, 0.15) is 6.42 Å². The molecule has 7 heteroatoms. The maximum absolute atomic E-state index is 11.6. The lowest BCUT2D eigenvalue weighted by molar-refractivity contribution is 0.590. The Morgan fingerprint density at radius 3 is 2.84 bits per heavy atom. The summed E-state index contributed by atoms with van der Waals surface area (Å²) in [5.41, 5.74) is 0. The Morgan fingerprint density at radius 2 is 2.16 bits per heavy atom. The van der Waals surface area contributed by atoms with E-state index in [-0.39, 0.29) is 4.90 Å². The first kappa shape index (κ1) is 13.5. The summed E-state index contributed by atoms with van der Waals surface area (Å²) in [6, 6.07) is 5.04. The third kappa shape index (κ3) is 3.78. The summed E-state index contributed by atoms with van der Waals surface area (Å²) in [7, 11) is -3.26. The third-order valence-corrected chi connectivity index (χ3v) is 3.71. The van der Waals surface area contributed by atoms with Crippen molar-refractivity contribution in [2.75, 3.05) is 18.1 Å². The average Bonchev–Trinajstić information content (AvgIpc) is 2.87. The van der Waals surface area contributed by atoms with Crippen molar-refractivity contribution >= 4 is 15.7 Å². The molecular weight excluding hydrogens is 264 g/mol. The molecule has 0 unspecified atom stereocenters. The van der Waals surface area contributed by atoms with Gasteiger partial charge in [-0.25, -0.2) is 13.4 Å². The van der Waals surface area contributed by atoms with Crippen molar-refractivity contribution in [1.82, 2.24) is 14.8 Å². The molecule has 0 aliphatic heterocycles. The minimum atomic E-state index is -3.26. The van der Waals surface area contributed by atoms with E-state index < -0.39 is 9.84 Å². The molecule has 0 aromatic carbocycles. The van der Waals surface area contributed by atoms with Crippen LogP contribution >= 0.6 is 0 Å². The molecule has 0 amide bonds. The van der Waals surface area contributed by atoms with E-state index in [0.29, 0.717) is 12.4 Å². The molecule has 2 aromatic heterocycles. The maximum Gasteiger partial charge on any atom is 0.179 e. The van der Waals surface area contributed by atoms with E-state index in [1.807, 2.05) is 16.9 Å². The van der Waals surface area contributed by atoms with Crippen LogP contribution in [0.4, 0.5) is 5.82 Å². The summed E-state index contributed by atoms with van der Waals surface area (Å²) in [6.07, 6.45) is 7.21. The van der Waals surface area contributed by atoms with Crippen molar-refractivity contribution in [3.8, 4) is 0 Å². The number of rotatable bonds is 6. The molecule has 0 aliphatic rings. The predicted molar refractivity (Wildman–Crippen MR) is 72.7 cm³/mol. The van der Waals surface area contributed by atoms with Gasteiger partial charge in [-0.05, 0) is 24.6 Å². The largest absolute Gasteiger partial charge is 0.369 e. The summed E-state index contributed by atoms with van der Waals surface area (Å²) < 4.78 is 25.0. The van der Waals surface area contributed by atoms with Crippen LogP contribution in [0.3, 0.4) is 0 Å². The molecule has 0 saturated heterocycles. The lowest BCUT2D eigenvalue weighted by Crippen LogP contribution is -2.11. The van der Waals surface area contributed by atoms with E-state index >= 15 is 0 Å². The fraction of sp³-hybridized carbons (Fsp3) is 0.333. The second-order valence-electron chi connectivity index (χ2n) is 4.17. The number of hydrogen-bond donors (Lipinski definition) is 1. The molecule has 2 rings (SSSR count). The van der Waals surface area contributed by atoms with E-state index in [4.69, 9.17) is 0 Å². The van der Waals surface area contributed by atoms with Gasteiger partial charge in [0.05, 0.1) is 0 Å². The normalized spacial score (nSPS) is 11.4. The Balaban J connectivity index is 1.93. The van der Waals surface area contributed by atoms with Crippen LogP contribution in [0.2, 0.25) is 0 Å². The molecule has 0 spiro atoms. The SMILES string of the molecule is CS(=O)(=O)c1cccnc1NCCCn1cccn1. The zero-order valence-electron chi connectivity index (χ0n) is 10.7. The quantitative estimate of drug-likeness (QED) is 0.804. The van der Waals surface area contributed by atoms with Gasteiger partial charge in [0.25, 0.3) is 0 Å². The first-order valence-corrected chi connectivity index (χ1v) is 7.83. The number of aryl methyl sites for hydroxylation is 1. The summed E-state index contributed by atoms with van der Waals surface area (Å²) in [4.78, 5) is 4.30. The van der Waals surface area contributed by atoms with E-state index in [9.17, 15) is 8.42 Å². The highest BCUT2D eigenvalue weighted by Gasteiger charge is 2.13. The van der Waals surface area contributed by atoms with Gasteiger partial charge in [-0.2, -0.15) is 5.10 Å². The number of aromatic nitrogens is 3. The number of nitrogens with zero attached hydrogens (tertiary/aromatic N) is 3. The van der Waals surface area contributed by atoms with Crippen molar-refractivity contribution in [2.45, 2.75) is 17.9 Å². The molecular formula is C12H16N4O2S. The number of anilines is 1. The molecule has 1 N–H and O–H groups in total. The highest BCUT2D eigenvalue weighted by atomic mass is 32.2. The Kier molecular flexibility index (Phi) is 4.16. The van der Waals surface area contributed by atoms with E-state index in [0.717, 1.165) is 13.0 Å². The van der Waals surface area contributed by atoms with Gasteiger partial charge < -0.3 is 5.32 Å². The summed E-state index contributed by atoms with van der Waals surface area (Å²) in [5.74, 6) is 0.408. The highest BCUT2D eigenvalue weighted by molar-refractivity contribution is 7.90. The van der Waals surface area contributed by atoms with Crippen molar-refractivity contribution in [3.63, 3.8) is 0 Å². The lowest BCUT2D eigenvalue weighted by atomic mass is 10.4. The van der Waals surface area contributed by atoms with Gasteiger partial charge in [0, 0.05) is 37.9 Å². The van der Waals surface area contributed by atoms with Crippen LogP contribution in [-0.4, -0.2) is 36.0 Å². The Bertz CT molecular complexity index is 623. The minimum Gasteiger partial charge on any atom is -0.369 e. The number of sulfone groups is 1. The van der Waals surface area contributed by atoms with Crippen LogP contribution in [0.5, 0.6) is 0 Å². The van der Waals surface area contributed by atoms with Crippen LogP contribution < -0.4 is 5.32 Å². The Labute approximate surface area is 112 Å². The molecule has 0 saturated carbocycles. The van der Waals surface area contributed by atoms with Crippen molar-refractivity contribution in [2.24, 2.45) is 0 Å². The zero-order valence-corrected chi connectivity index (χ0v) is 11.5. The predicted octanol–water partition coefficient (Wildman–Crippen LogP) is 1.18. The van der Waals surface area contributed by atoms with Crippen LogP contribution in [0.15, 0.2) is 41.7 Å². The van der Waals surface area contributed by atoms with Gasteiger partial charge in [-0.3, -0.25) is 4.68 Å². The van der Waals surface area contributed by atoms with Crippen molar-refractivity contribution in [3.05, 3.63) is 36.8 Å². The molecule has 19 heavy (non-hydrogen) atoms. The van der Waals surface area contributed by atoms with E-state index in [2.05, 4.69) is 15.4 Å². The first-order valence-electron chi connectivity index (χ1n) is 5.94. The molecule has 0 aliphatic carbocycles. The fourth-order valence-electron chi connectivity index (χ4n) is 1.70. The summed E-state index contributed by atoms with van der Waals surface area (Å²) >= 11 is 0. The molecule has 0 atom stereocenters. The molecule has 2 aromatic rings. The topological polar surface area (TPSA) is 76.9 Å². The number of nitrogens with one attached hydrogen (secondary N) is 1. The van der Waals surface area contributed by atoms with E-state index in [1.54, 1.807) is 24.5 Å². The molecule has 0 radical (unpaired) electrons. The minimum absolute atomic E-state index is 0.231. The zero-order chi connectivity index (χ0) is 13.7. The molecule has 0 bridgehead atoms. The number of hydrogen-bond acceptors (Lipinski definition) is 5. The second kappa shape index (κ2) is 5.83. The standard InChI is InChI=1S/C12H16N4O2S/c1-19(17,18)11-5-2-6-13-12(11)14-7-3-9-16-10-4-8-15-16/h2,4-6,8,10H,3,7,9H2,1H3,(H,13,14). The Hall–Kier alpha value is -1.89. The van der Waals surface area contributed by atoms with Gasteiger partial charge in [0.2, 0.25) is 0 Å². The fourth-order valence-corrected chi connectivity index (χ4v) is 2.50. The molecule has 6 nitrogen and oxygen atoms in total. The third-order valence-electron chi connectivity index (χ3n) is 2.59. The summed E-state index contributed by atoms with van der Waals surface area (Å²) in [5, 5.41) is 7.15. The van der Waals surface area contributed by atoms with Gasteiger partial charge in [0.1, 0.15) is 10.7 Å². The molecule has 2 heterocycles. The highest BCUT2D eigenvalue weighted by Crippen LogP contribution is 2.17. The maximum atomic E-state index is 11.6. The van der Waals surface area contributed by atoms with Gasteiger partial charge >= 0.3 is 0 Å². The molecule has 0 fully saturated rings. The van der Waals surface area contributed by atoms with E-state index in [1.165, 1.54) is 6.26 Å². The van der Waals surface area contributed by atoms with Gasteiger partial charge in [0.15, 0.2) is 9.84 Å². The monoisotopic (exact) mass is 280 g/mol.